The van der Waals surface area contributed by atoms with E-state index < -0.39 is 0 Å². The summed E-state index contributed by atoms with van der Waals surface area (Å²) in [4.78, 5) is 19.7. The number of rotatable bonds is 5. The number of piperidine rings is 1. The van der Waals surface area contributed by atoms with E-state index in [1.165, 1.54) is 12.8 Å². The Balaban J connectivity index is 1.37. The predicted octanol–water partition coefficient (Wildman–Crippen LogP) is 2.10. The van der Waals surface area contributed by atoms with Gasteiger partial charge in [0.2, 0.25) is 0 Å². The molecule has 124 valence electrons. The molecule has 4 heterocycles. The number of likely N-dealkylation sites (tertiary alicyclic amines) is 1. The Kier molecular flexibility index (Phi) is 4.57. The Morgan fingerprint density at radius 1 is 1.25 bits per heavy atom. The van der Waals surface area contributed by atoms with Gasteiger partial charge in [0.25, 0.3) is 0 Å². The standard InChI is InChI=1S/C16H19N7S/c1-3-13(8-23-12-17-11-20-23)7-22(6-1)9-14-10-24-16(21-14)15-18-4-2-5-19-15/h2,4-5,10-13H,1,3,6-9H2/t13-/m1/s1. The fourth-order valence-corrected chi connectivity index (χ4v) is 3.91. The van der Waals surface area contributed by atoms with Gasteiger partial charge in [0, 0.05) is 37.4 Å². The summed E-state index contributed by atoms with van der Waals surface area (Å²) < 4.78 is 1.93. The number of hydrogen-bond donors (Lipinski definition) is 0. The van der Waals surface area contributed by atoms with Crippen LogP contribution in [-0.4, -0.2) is 47.7 Å². The first-order chi connectivity index (χ1) is 11.9. The smallest absolute Gasteiger partial charge is 0.188 e. The molecule has 0 spiro atoms. The Hall–Kier alpha value is -2.19. The lowest BCUT2D eigenvalue weighted by atomic mass is 9.98. The van der Waals surface area contributed by atoms with Gasteiger partial charge in [0.05, 0.1) is 5.69 Å². The molecule has 0 amide bonds. The van der Waals surface area contributed by atoms with Crippen LogP contribution in [0, 0.1) is 5.92 Å². The zero-order valence-electron chi connectivity index (χ0n) is 13.3. The van der Waals surface area contributed by atoms with Gasteiger partial charge in [-0.1, -0.05) is 0 Å². The van der Waals surface area contributed by atoms with E-state index in [9.17, 15) is 0 Å². The largest absolute Gasteiger partial charge is 0.297 e. The fraction of sp³-hybridized carbons (Fsp3) is 0.438. The molecule has 0 bridgehead atoms. The Morgan fingerprint density at radius 3 is 3.00 bits per heavy atom. The van der Waals surface area contributed by atoms with Crippen molar-refractivity contribution < 1.29 is 0 Å². The highest BCUT2D eigenvalue weighted by molar-refractivity contribution is 7.13. The molecule has 8 heteroatoms. The second-order valence-electron chi connectivity index (χ2n) is 6.08. The zero-order chi connectivity index (χ0) is 16.2. The van der Waals surface area contributed by atoms with Crippen molar-refractivity contribution in [3.8, 4) is 10.8 Å². The van der Waals surface area contributed by atoms with Crippen LogP contribution >= 0.6 is 11.3 Å². The van der Waals surface area contributed by atoms with Gasteiger partial charge < -0.3 is 0 Å². The lowest BCUT2D eigenvalue weighted by Gasteiger charge is -2.32. The average molecular weight is 341 g/mol. The SMILES string of the molecule is c1cnc(-c2nc(CN3CCC[C@@H](Cn4cncn4)C3)cs2)nc1. The van der Waals surface area contributed by atoms with Crippen molar-refractivity contribution in [2.75, 3.05) is 13.1 Å². The summed E-state index contributed by atoms with van der Waals surface area (Å²) in [6.07, 6.45) is 9.37. The molecule has 1 saturated heterocycles. The van der Waals surface area contributed by atoms with Crippen LogP contribution in [0.15, 0.2) is 36.5 Å². The molecule has 4 rings (SSSR count). The van der Waals surface area contributed by atoms with Gasteiger partial charge in [-0.25, -0.2) is 19.9 Å². The molecule has 0 radical (unpaired) electrons. The van der Waals surface area contributed by atoms with Crippen molar-refractivity contribution in [3.63, 3.8) is 0 Å². The highest BCUT2D eigenvalue weighted by atomic mass is 32.1. The molecule has 0 N–H and O–H groups in total. The third kappa shape index (κ3) is 3.65. The van der Waals surface area contributed by atoms with Crippen LogP contribution in [0.1, 0.15) is 18.5 Å². The fourth-order valence-electron chi connectivity index (χ4n) is 3.16. The molecule has 7 nitrogen and oxygen atoms in total. The topological polar surface area (TPSA) is 72.6 Å². The summed E-state index contributed by atoms with van der Waals surface area (Å²) in [5, 5.41) is 7.23. The third-order valence-corrected chi connectivity index (χ3v) is 5.10. The molecular weight excluding hydrogens is 322 g/mol. The van der Waals surface area contributed by atoms with Crippen LogP contribution in [0.2, 0.25) is 0 Å². The molecule has 0 aromatic carbocycles. The average Bonchev–Trinajstić information content (AvgIpc) is 3.28. The highest BCUT2D eigenvalue weighted by Gasteiger charge is 2.21. The second kappa shape index (κ2) is 7.14. The molecule has 0 aliphatic carbocycles. The van der Waals surface area contributed by atoms with Crippen molar-refractivity contribution in [1.82, 2.24) is 34.6 Å². The van der Waals surface area contributed by atoms with E-state index in [0.717, 1.165) is 36.9 Å². The van der Waals surface area contributed by atoms with Crippen molar-refractivity contribution in [2.45, 2.75) is 25.9 Å². The maximum Gasteiger partial charge on any atom is 0.188 e. The van der Waals surface area contributed by atoms with Gasteiger partial charge in [-0.15, -0.1) is 11.3 Å². The van der Waals surface area contributed by atoms with Gasteiger partial charge in [0.15, 0.2) is 10.8 Å². The second-order valence-corrected chi connectivity index (χ2v) is 6.94. The first-order valence-electron chi connectivity index (χ1n) is 8.13. The molecule has 1 aliphatic rings. The summed E-state index contributed by atoms with van der Waals surface area (Å²) in [5.74, 6) is 1.33. The molecule has 1 fully saturated rings. The lowest BCUT2D eigenvalue weighted by molar-refractivity contribution is 0.152. The molecule has 0 saturated carbocycles. The quantitative estimate of drug-likeness (QED) is 0.708. The Labute approximate surface area is 144 Å². The van der Waals surface area contributed by atoms with Gasteiger partial charge in [-0.05, 0) is 31.4 Å². The van der Waals surface area contributed by atoms with Crippen LogP contribution in [0.25, 0.3) is 10.8 Å². The van der Waals surface area contributed by atoms with Gasteiger partial charge in [-0.3, -0.25) is 9.58 Å². The number of aromatic nitrogens is 6. The first-order valence-corrected chi connectivity index (χ1v) is 9.01. The molecule has 3 aromatic heterocycles. The number of nitrogens with zero attached hydrogens (tertiary/aromatic N) is 7. The minimum Gasteiger partial charge on any atom is -0.297 e. The molecular formula is C16H19N7S. The van der Waals surface area contributed by atoms with Gasteiger partial charge in [-0.2, -0.15) is 5.10 Å². The molecule has 24 heavy (non-hydrogen) atoms. The van der Waals surface area contributed by atoms with E-state index in [2.05, 4.69) is 30.3 Å². The van der Waals surface area contributed by atoms with E-state index in [1.54, 1.807) is 36.4 Å². The van der Waals surface area contributed by atoms with Crippen LogP contribution in [-0.2, 0) is 13.1 Å². The predicted molar refractivity (Wildman–Crippen MR) is 91.2 cm³/mol. The van der Waals surface area contributed by atoms with Crippen LogP contribution in [0.4, 0.5) is 0 Å². The van der Waals surface area contributed by atoms with Crippen molar-refractivity contribution in [1.29, 1.82) is 0 Å². The Morgan fingerprint density at radius 2 is 2.17 bits per heavy atom. The van der Waals surface area contributed by atoms with E-state index in [-0.39, 0.29) is 0 Å². The minimum absolute atomic E-state index is 0.621. The monoisotopic (exact) mass is 341 g/mol. The van der Waals surface area contributed by atoms with Crippen LogP contribution in [0.5, 0.6) is 0 Å². The number of thiazole rings is 1. The van der Waals surface area contributed by atoms with Crippen LogP contribution < -0.4 is 0 Å². The van der Waals surface area contributed by atoms with Crippen molar-refractivity contribution in [2.24, 2.45) is 5.92 Å². The lowest BCUT2D eigenvalue weighted by Crippen LogP contribution is -2.36. The first kappa shape index (κ1) is 15.3. The molecule has 1 aliphatic heterocycles. The summed E-state index contributed by atoms with van der Waals surface area (Å²) in [6.45, 7) is 4.03. The summed E-state index contributed by atoms with van der Waals surface area (Å²) in [7, 11) is 0. The molecule has 0 unspecified atom stereocenters. The van der Waals surface area contributed by atoms with E-state index >= 15 is 0 Å². The molecule has 3 aromatic rings. The summed E-state index contributed by atoms with van der Waals surface area (Å²) in [6, 6.07) is 1.82. The van der Waals surface area contributed by atoms with E-state index in [1.807, 2.05) is 10.7 Å². The van der Waals surface area contributed by atoms with Crippen molar-refractivity contribution >= 4 is 11.3 Å². The summed E-state index contributed by atoms with van der Waals surface area (Å²) >= 11 is 1.61. The van der Waals surface area contributed by atoms with Crippen molar-refractivity contribution in [3.05, 3.63) is 42.2 Å². The summed E-state index contributed by atoms with van der Waals surface area (Å²) in [5.41, 5.74) is 1.10. The zero-order valence-corrected chi connectivity index (χ0v) is 14.1. The van der Waals surface area contributed by atoms with E-state index in [4.69, 9.17) is 4.98 Å². The van der Waals surface area contributed by atoms with Gasteiger partial charge >= 0.3 is 0 Å². The van der Waals surface area contributed by atoms with Gasteiger partial charge in [0.1, 0.15) is 12.7 Å². The van der Waals surface area contributed by atoms with Crippen LogP contribution in [0.3, 0.4) is 0 Å². The minimum atomic E-state index is 0.621. The third-order valence-electron chi connectivity index (χ3n) is 4.21. The van der Waals surface area contributed by atoms with E-state index in [0.29, 0.717) is 11.7 Å². The maximum atomic E-state index is 4.70. The normalized spacial score (nSPS) is 18.8. The Bertz CT molecular complexity index is 756. The number of hydrogen-bond acceptors (Lipinski definition) is 7. The maximum absolute atomic E-state index is 4.70. The molecule has 1 atom stereocenters. The highest BCUT2D eigenvalue weighted by Crippen LogP contribution is 2.23.